The Balaban J connectivity index is 2.34. The summed E-state index contributed by atoms with van der Waals surface area (Å²) in [5, 5.41) is 0. The molecule has 4 nitrogen and oxygen atoms in total. The topological polar surface area (TPSA) is 52.6 Å². The number of cyclic esters (lactones) is 1. The summed E-state index contributed by atoms with van der Waals surface area (Å²) in [6, 6.07) is 0. The van der Waals surface area contributed by atoms with Crippen molar-refractivity contribution in [2.45, 2.75) is 13.8 Å². The first-order valence-electron chi connectivity index (χ1n) is 5.99. The summed E-state index contributed by atoms with van der Waals surface area (Å²) >= 11 is 0. The third-order valence-electron chi connectivity index (χ3n) is 3.78. The molecular weight excluding hydrogens is 220 g/mol. The van der Waals surface area contributed by atoms with E-state index in [-0.39, 0.29) is 29.7 Å². The smallest absolute Gasteiger partial charge is 0.310 e. The van der Waals surface area contributed by atoms with Crippen LogP contribution in [0.15, 0.2) is 12.2 Å². The van der Waals surface area contributed by atoms with Gasteiger partial charge in [0.2, 0.25) is 0 Å². The average molecular weight is 238 g/mol. The van der Waals surface area contributed by atoms with Crippen molar-refractivity contribution in [2.75, 3.05) is 13.7 Å². The van der Waals surface area contributed by atoms with E-state index in [9.17, 15) is 9.59 Å². The van der Waals surface area contributed by atoms with Gasteiger partial charge in [0.1, 0.15) is 0 Å². The van der Waals surface area contributed by atoms with E-state index in [1.165, 1.54) is 7.11 Å². The van der Waals surface area contributed by atoms with Gasteiger partial charge in [-0.3, -0.25) is 9.59 Å². The lowest BCUT2D eigenvalue weighted by Gasteiger charge is -2.33. The van der Waals surface area contributed by atoms with Gasteiger partial charge in [-0.15, -0.1) is 0 Å². The van der Waals surface area contributed by atoms with Gasteiger partial charge in [0.15, 0.2) is 0 Å². The fraction of sp³-hybridized carbons (Fsp3) is 0.692. The van der Waals surface area contributed by atoms with Crippen LogP contribution in [0.2, 0.25) is 0 Å². The summed E-state index contributed by atoms with van der Waals surface area (Å²) in [6.07, 6.45) is 4.05. The molecule has 1 aliphatic heterocycles. The molecule has 0 saturated carbocycles. The van der Waals surface area contributed by atoms with Gasteiger partial charge in [0, 0.05) is 5.92 Å². The standard InChI is InChI=1S/C13H18O4/c1-7(2)9-5-4-8-6-17-13(15)10(8)11(9)12(14)16-3/h4-5,7-11H,6H2,1-3H3/t8-,9+,10-,11-/m1/s1. The summed E-state index contributed by atoms with van der Waals surface area (Å²) < 4.78 is 9.90. The number of carbonyl (C=O) groups excluding carboxylic acids is 2. The average Bonchev–Trinajstić information content (AvgIpc) is 2.69. The Bertz CT molecular complexity index is 358. The molecule has 0 spiro atoms. The highest BCUT2D eigenvalue weighted by Crippen LogP contribution is 2.42. The second kappa shape index (κ2) is 4.51. The SMILES string of the molecule is COC(=O)[C@H]1[C@@H]2C(=O)OC[C@H]2C=C[C@H]1C(C)C. The predicted molar refractivity (Wildman–Crippen MR) is 60.9 cm³/mol. The van der Waals surface area contributed by atoms with Crippen molar-refractivity contribution in [1.82, 2.24) is 0 Å². The minimum atomic E-state index is -0.398. The second-order valence-electron chi connectivity index (χ2n) is 5.07. The van der Waals surface area contributed by atoms with Crippen LogP contribution in [0.25, 0.3) is 0 Å². The molecule has 4 heteroatoms. The number of esters is 2. The second-order valence-corrected chi connectivity index (χ2v) is 5.07. The Morgan fingerprint density at radius 2 is 2.18 bits per heavy atom. The lowest BCUT2D eigenvalue weighted by Crippen LogP contribution is -2.40. The molecule has 0 bridgehead atoms. The number of hydrogen-bond donors (Lipinski definition) is 0. The first-order chi connectivity index (χ1) is 8.06. The number of carbonyl (C=O) groups is 2. The number of hydrogen-bond acceptors (Lipinski definition) is 4. The number of methoxy groups -OCH3 is 1. The van der Waals surface area contributed by atoms with E-state index in [1.54, 1.807) is 0 Å². The highest BCUT2D eigenvalue weighted by Gasteiger charge is 2.50. The summed E-state index contributed by atoms with van der Waals surface area (Å²) in [7, 11) is 1.37. The molecule has 0 aromatic carbocycles. The van der Waals surface area contributed by atoms with Crippen molar-refractivity contribution in [3.63, 3.8) is 0 Å². The van der Waals surface area contributed by atoms with Gasteiger partial charge in [-0.2, -0.15) is 0 Å². The molecule has 0 unspecified atom stereocenters. The highest BCUT2D eigenvalue weighted by molar-refractivity contribution is 5.84. The van der Waals surface area contributed by atoms with Crippen LogP contribution in [0.5, 0.6) is 0 Å². The molecule has 1 heterocycles. The molecule has 2 rings (SSSR count). The van der Waals surface area contributed by atoms with Crippen LogP contribution < -0.4 is 0 Å². The molecular formula is C13H18O4. The minimum Gasteiger partial charge on any atom is -0.469 e. The third-order valence-corrected chi connectivity index (χ3v) is 3.78. The van der Waals surface area contributed by atoms with Crippen LogP contribution in [0.3, 0.4) is 0 Å². The lowest BCUT2D eigenvalue weighted by atomic mass is 9.68. The Labute approximate surface area is 101 Å². The fourth-order valence-electron chi connectivity index (χ4n) is 2.85. The van der Waals surface area contributed by atoms with Crippen LogP contribution in [-0.4, -0.2) is 25.7 Å². The van der Waals surface area contributed by atoms with Crippen molar-refractivity contribution >= 4 is 11.9 Å². The maximum Gasteiger partial charge on any atom is 0.310 e. The number of ether oxygens (including phenoxy) is 2. The first kappa shape index (κ1) is 12.1. The predicted octanol–water partition coefficient (Wildman–Crippen LogP) is 1.41. The normalized spacial score (nSPS) is 35.6. The Morgan fingerprint density at radius 1 is 1.47 bits per heavy atom. The van der Waals surface area contributed by atoms with Crippen molar-refractivity contribution in [3.8, 4) is 0 Å². The summed E-state index contributed by atoms with van der Waals surface area (Å²) in [5.74, 6) is -0.951. The molecule has 0 radical (unpaired) electrons. The monoisotopic (exact) mass is 238 g/mol. The van der Waals surface area contributed by atoms with Gasteiger partial charge in [-0.25, -0.2) is 0 Å². The minimum absolute atomic E-state index is 0.0293. The van der Waals surface area contributed by atoms with Crippen molar-refractivity contribution in [1.29, 1.82) is 0 Å². The van der Waals surface area contributed by atoms with E-state index in [2.05, 4.69) is 0 Å². The van der Waals surface area contributed by atoms with Crippen molar-refractivity contribution in [3.05, 3.63) is 12.2 Å². The Kier molecular flexibility index (Phi) is 3.22. The van der Waals surface area contributed by atoms with Crippen molar-refractivity contribution < 1.29 is 19.1 Å². The zero-order valence-corrected chi connectivity index (χ0v) is 10.4. The van der Waals surface area contributed by atoms with Crippen LogP contribution in [0.1, 0.15) is 13.8 Å². The molecule has 4 atom stereocenters. The summed E-state index contributed by atoms with van der Waals surface area (Å²) in [6.45, 7) is 4.48. The summed E-state index contributed by atoms with van der Waals surface area (Å²) in [5.41, 5.74) is 0. The van der Waals surface area contributed by atoms with Gasteiger partial charge in [-0.05, 0) is 11.8 Å². The molecule has 2 aliphatic rings. The number of rotatable bonds is 2. The fourth-order valence-corrected chi connectivity index (χ4v) is 2.85. The molecule has 1 saturated heterocycles. The van der Waals surface area contributed by atoms with E-state index in [0.29, 0.717) is 12.5 Å². The zero-order valence-electron chi connectivity index (χ0n) is 10.4. The Morgan fingerprint density at radius 3 is 2.76 bits per heavy atom. The van der Waals surface area contributed by atoms with E-state index in [1.807, 2.05) is 26.0 Å². The molecule has 1 fully saturated rings. The van der Waals surface area contributed by atoms with Crippen LogP contribution in [0.4, 0.5) is 0 Å². The molecule has 0 aromatic heterocycles. The highest BCUT2D eigenvalue weighted by atomic mass is 16.5. The van der Waals surface area contributed by atoms with Crippen LogP contribution >= 0.6 is 0 Å². The molecule has 0 amide bonds. The largest absolute Gasteiger partial charge is 0.469 e. The number of fused-ring (bicyclic) bond motifs is 1. The van der Waals surface area contributed by atoms with Gasteiger partial charge in [0.25, 0.3) is 0 Å². The molecule has 0 aromatic rings. The van der Waals surface area contributed by atoms with Crippen LogP contribution in [0, 0.1) is 29.6 Å². The van der Waals surface area contributed by atoms with Gasteiger partial charge in [0.05, 0.1) is 25.6 Å². The van der Waals surface area contributed by atoms with E-state index >= 15 is 0 Å². The van der Waals surface area contributed by atoms with Gasteiger partial charge >= 0.3 is 11.9 Å². The zero-order chi connectivity index (χ0) is 12.6. The molecule has 0 N–H and O–H groups in total. The molecule has 94 valence electrons. The Hall–Kier alpha value is -1.32. The lowest BCUT2D eigenvalue weighted by molar-refractivity contribution is -0.156. The first-order valence-corrected chi connectivity index (χ1v) is 5.99. The van der Waals surface area contributed by atoms with Gasteiger partial charge in [-0.1, -0.05) is 26.0 Å². The van der Waals surface area contributed by atoms with Crippen LogP contribution in [-0.2, 0) is 19.1 Å². The van der Waals surface area contributed by atoms with E-state index in [4.69, 9.17) is 9.47 Å². The van der Waals surface area contributed by atoms with E-state index in [0.717, 1.165) is 0 Å². The summed E-state index contributed by atoms with van der Waals surface area (Å²) in [4.78, 5) is 23.6. The quantitative estimate of drug-likeness (QED) is 0.539. The molecule has 1 aliphatic carbocycles. The number of allylic oxidation sites excluding steroid dienone is 1. The van der Waals surface area contributed by atoms with E-state index < -0.39 is 5.92 Å². The van der Waals surface area contributed by atoms with Gasteiger partial charge < -0.3 is 9.47 Å². The molecule has 17 heavy (non-hydrogen) atoms. The van der Waals surface area contributed by atoms with Crippen molar-refractivity contribution in [2.24, 2.45) is 29.6 Å². The third kappa shape index (κ3) is 1.96. The maximum atomic E-state index is 11.9. The maximum absolute atomic E-state index is 11.9.